The number of ether oxygens (including phenoxy) is 3. The molecule has 0 atom stereocenters. The molecule has 0 spiro atoms. The molecule has 23 heavy (non-hydrogen) atoms. The van der Waals surface area contributed by atoms with Crippen molar-refractivity contribution >= 4 is 29.6 Å². The molecule has 7 heteroatoms. The molecule has 0 aliphatic rings. The zero-order valence-corrected chi connectivity index (χ0v) is 14.1. The SMILES string of the molecule is CCCNC(=O)COC(=O)/C=C/c1cc(Cl)c(OC)c(OC)c1. The first-order chi connectivity index (χ1) is 11.0. The average molecular weight is 342 g/mol. The number of carbonyl (C=O) groups excluding carboxylic acids is 2. The van der Waals surface area contributed by atoms with E-state index in [1.165, 1.54) is 26.4 Å². The van der Waals surface area contributed by atoms with E-state index in [4.69, 9.17) is 25.8 Å². The second-order valence-electron chi connectivity index (χ2n) is 4.53. The number of rotatable bonds is 8. The summed E-state index contributed by atoms with van der Waals surface area (Å²) in [6, 6.07) is 3.29. The van der Waals surface area contributed by atoms with Crippen molar-refractivity contribution < 1.29 is 23.8 Å². The monoisotopic (exact) mass is 341 g/mol. The maximum absolute atomic E-state index is 11.6. The zero-order chi connectivity index (χ0) is 17.2. The zero-order valence-electron chi connectivity index (χ0n) is 13.3. The second kappa shape index (κ2) is 9.74. The molecule has 1 aromatic carbocycles. The van der Waals surface area contributed by atoms with E-state index in [2.05, 4.69) is 5.32 Å². The van der Waals surface area contributed by atoms with Crippen LogP contribution in [-0.2, 0) is 14.3 Å². The van der Waals surface area contributed by atoms with Gasteiger partial charge in [0.25, 0.3) is 5.91 Å². The van der Waals surface area contributed by atoms with Crippen molar-refractivity contribution in [2.45, 2.75) is 13.3 Å². The first-order valence-corrected chi connectivity index (χ1v) is 7.42. The van der Waals surface area contributed by atoms with Gasteiger partial charge in [-0.3, -0.25) is 4.79 Å². The number of carbonyl (C=O) groups is 2. The molecule has 0 bridgehead atoms. The maximum atomic E-state index is 11.6. The predicted molar refractivity (Wildman–Crippen MR) is 87.8 cm³/mol. The summed E-state index contributed by atoms with van der Waals surface area (Å²) in [5.74, 6) is -0.0845. The van der Waals surface area contributed by atoms with Crippen LogP contribution in [0.5, 0.6) is 11.5 Å². The van der Waals surface area contributed by atoms with Crippen LogP contribution >= 0.6 is 11.6 Å². The van der Waals surface area contributed by atoms with E-state index in [0.717, 1.165) is 6.42 Å². The van der Waals surface area contributed by atoms with Gasteiger partial charge < -0.3 is 19.5 Å². The summed E-state index contributed by atoms with van der Waals surface area (Å²) in [4.78, 5) is 22.9. The van der Waals surface area contributed by atoms with Gasteiger partial charge in [-0.1, -0.05) is 18.5 Å². The van der Waals surface area contributed by atoms with E-state index in [0.29, 0.717) is 28.6 Å². The molecule has 126 valence electrons. The van der Waals surface area contributed by atoms with Gasteiger partial charge in [0.2, 0.25) is 0 Å². The number of methoxy groups -OCH3 is 2. The first-order valence-electron chi connectivity index (χ1n) is 7.04. The quantitative estimate of drug-likeness (QED) is 0.580. The van der Waals surface area contributed by atoms with Crippen LogP contribution in [0, 0.1) is 0 Å². The predicted octanol–water partition coefficient (Wildman–Crippen LogP) is 2.44. The summed E-state index contributed by atoms with van der Waals surface area (Å²) in [5.41, 5.74) is 0.639. The molecule has 1 amide bonds. The minimum atomic E-state index is -0.623. The van der Waals surface area contributed by atoms with Crippen molar-refractivity contribution in [3.8, 4) is 11.5 Å². The van der Waals surface area contributed by atoms with Crippen molar-refractivity contribution in [2.75, 3.05) is 27.4 Å². The van der Waals surface area contributed by atoms with Gasteiger partial charge in [0.1, 0.15) is 0 Å². The van der Waals surface area contributed by atoms with Gasteiger partial charge in [-0.2, -0.15) is 0 Å². The standard InChI is InChI=1S/C16H20ClNO5/c1-4-7-18-14(19)10-23-15(20)6-5-11-8-12(17)16(22-3)13(9-11)21-2/h5-6,8-9H,4,7,10H2,1-3H3,(H,18,19)/b6-5+. The number of hydrogen-bond acceptors (Lipinski definition) is 5. The van der Waals surface area contributed by atoms with Crippen LogP contribution in [0.25, 0.3) is 6.08 Å². The Bertz CT molecular complexity index is 586. The lowest BCUT2D eigenvalue weighted by Crippen LogP contribution is -2.28. The van der Waals surface area contributed by atoms with Crippen LogP contribution in [0.2, 0.25) is 5.02 Å². The van der Waals surface area contributed by atoms with Crippen LogP contribution in [-0.4, -0.2) is 39.2 Å². The summed E-state index contributed by atoms with van der Waals surface area (Å²) in [7, 11) is 2.98. The van der Waals surface area contributed by atoms with Crippen molar-refractivity contribution in [1.82, 2.24) is 5.32 Å². The number of benzene rings is 1. The summed E-state index contributed by atoms with van der Waals surface area (Å²) in [5, 5.41) is 2.97. The lowest BCUT2D eigenvalue weighted by atomic mass is 10.2. The molecule has 0 aromatic heterocycles. The van der Waals surface area contributed by atoms with Crippen LogP contribution < -0.4 is 14.8 Å². The van der Waals surface area contributed by atoms with Gasteiger partial charge in [0.15, 0.2) is 18.1 Å². The smallest absolute Gasteiger partial charge is 0.331 e. The van der Waals surface area contributed by atoms with E-state index in [1.807, 2.05) is 6.92 Å². The summed E-state index contributed by atoms with van der Waals surface area (Å²) in [6.07, 6.45) is 3.55. The Hall–Kier alpha value is -2.21. The Kier molecular flexibility index (Phi) is 7.97. The van der Waals surface area contributed by atoms with E-state index in [1.54, 1.807) is 12.1 Å². The van der Waals surface area contributed by atoms with E-state index in [9.17, 15) is 9.59 Å². The Morgan fingerprint density at radius 1 is 1.26 bits per heavy atom. The number of hydrogen-bond donors (Lipinski definition) is 1. The molecular weight excluding hydrogens is 322 g/mol. The number of amides is 1. The highest BCUT2D eigenvalue weighted by atomic mass is 35.5. The van der Waals surface area contributed by atoms with Gasteiger partial charge in [0.05, 0.1) is 19.2 Å². The Morgan fingerprint density at radius 2 is 2.00 bits per heavy atom. The van der Waals surface area contributed by atoms with Crippen LogP contribution in [0.15, 0.2) is 18.2 Å². The third kappa shape index (κ3) is 6.20. The lowest BCUT2D eigenvalue weighted by molar-refractivity contribution is -0.143. The molecule has 0 aliphatic heterocycles. The topological polar surface area (TPSA) is 73.9 Å². The lowest BCUT2D eigenvalue weighted by Gasteiger charge is -2.10. The maximum Gasteiger partial charge on any atom is 0.331 e. The van der Waals surface area contributed by atoms with Gasteiger partial charge in [-0.15, -0.1) is 0 Å². The normalized spacial score (nSPS) is 10.4. The van der Waals surface area contributed by atoms with E-state index >= 15 is 0 Å². The third-order valence-electron chi connectivity index (χ3n) is 2.79. The largest absolute Gasteiger partial charge is 0.493 e. The highest BCUT2D eigenvalue weighted by molar-refractivity contribution is 6.32. The number of nitrogens with one attached hydrogen (secondary N) is 1. The summed E-state index contributed by atoms with van der Waals surface area (Å²) in [6.45, 7) is 2.18. The van der Waals surface area contributed by atoms with Crippen molar-refractivity contribution in [2.24, 2.45) is 0 Å². The molecular formula is C16H20ClNO5. The summed E-state index contributed by atoms with van der Waals surface area (Å²) < 4.78 is 15.1. The van der Waals surface area contributed by atoms with Gasteiger partial charge >= 0.3 is 5.97 Å². The molecule has 1 rings (SSSR count). The molecule has 0 saturated carbocycles. The fourth-order valence-corrected chi connectivity index (χ4v) is 1.99. The Labute approximate surface area is 140 Å². The number of halogens is 1. The van der Waals surface area contributed by atoms with Gasteiger partial charge in [0, 0.05) is 12.6 Å². The van der Waals surface area contributed by atoms with Gasteiger partial charge in [-0.05, 0) is 30.2 Å². The van der Waals surface area contributed by atoms with Gasteiger partial charge in [-0.25, -0.2) is 4.79 Å². The molecule has 0 heterocycles. The molecule has 0 saturated heterocycles. The summed E-state index contributed by atoms with van der Waals surface area (Å²) >= 11 is 6.07. The van der Waals surface area contributed by atoms with Crippen molar-refractivity contribution in [1.29, 1.82) is 0 Å². The Balaban J connectivity index is 2.65. The molecule has 0 fully saturated rings. The third-order valence-corrected chi connectivity index (χ3v) is 3.07. The molecule has 0 radical (unpaired) electrons. The molecule has 1 aromatic rings. The second-order valence-corrected chi connectivity index (χ2v) is 4.94. The van der Waals surface area contributed by atoms with E-state index in [-0.39, 0.29) is 12.5 Å². The van der Waals surface area contributed by atoms with Crippen LogP contribution in [0.1, 0.15) is 18.9 Å². The highest BCUT2D eigenvalue weighted by Gasteiger charge is 2.10. The van der Waals surface area contributed by atoms with Crippen LogP contribution in [0.3, 0.4) is 0 Å². The minimum Gasteiger partial charge on any atom is -0.493 e. The average Bonchev–Trinajstić information content (AvgIpc) is 2.55. The molecule has 0 unspecified atom stereocenters. The first kappa shape index (κ1) is 18.8. The fourth-order valence-electron chi connectivity index (χ4n) is 1.70. The highest BCUT2D eigenvalue weighted by Crippen LogP contribution is 2.36. The van der Waals surface area contributed by atoms with Crippen LogP contribution in [0.4, 0.5) is 0 Å². The minimum absolute atomic E-state index is 0.310. The van der Waals surface area contributed by atoms with Crippen molar-refractivity contribution in [3.05, 3.63) is 28.8 Å². The number of esters is 1. The fraction of sp³-hybridized carbons (Fsp3) is 0.375. The molecule has 0 aliphatic carbocycles. The van der Waals surface area contributed by atoms with E-state index < -0.39 is 5.97 Å². The van der Waals surface area contributed by atoms with Crippen molar-refractivity contribution in [3.63, 3.8) is 0 Å². The molecule has 6 nitrogen and oxygen atoms in total. The Morgan fingerprint density at radius 3 is 2.61 bits per heavy atom. The molecule has 1 N–H and O–H groups in total.